The average Bonchev–Trinajstić information content (AvgIpc) is 2.88. The first-order valence-electron chi connectivity index (χ1n) is 6.42. The zero-order valence-electron chi connectivity index (χ0n) is 11.0. The molecule has 2 rings (SSSR count). The Morgan fingerprint density at radius 2 is 1.52 bits per heavy atom. The van der Waals surface area contributed by atoms with Crippen LogP contribution >= 0.6 is 0 Å². The monoisotopic (exact) mass is 320 g/mol. The molecular formula is C12H14F6O3. The highest BCUT2D eigenvalue weighted by Crippen LogP contribution is 2.52. The van der Waals surface area contributed by atoms with Crippen molar-refractivity contribution < 1.29 is 41.0 Å². The lowest BCUT2D eigenvalue weighted by molar-refractivity contribution is -0.328. The third-order valence-electron chi connectivity index (χ3n) is 4.58. The van der Waals surface area contributed by atoms with Crippen LogP contribution in [0, 0.1) is 17.3 Å². The van der Waals surface area contributed by atoms with E-state index in [1.165, 1.54) is 0 Å². The topological polar surface area (TPSA) is 46.5 Å². The summed E-state index contributed by atoms with van der Waals surface area (Å²) in [6.07, 6.45) is -12.5. The summed E-state index contributed by atoms with van der Waals surface area (Å²) in [5.41, 5.74) is -4.60. The fraction of sp³-hybridized carbons (Fsp3) is 0.917. The number of alkyl halides is 6. The van der Waals surface area contributed by atoms with Crippen LogP contribution in [0.25, 0.3) is 0 Å². The van der Waals surface area contributed by atoms with Crippen molar-refractivity contribution in [1.82, 2.24) is 0 Å². The van der Waals surface area contributed by atoms with E-state index in [2.05, 4.69) is 4.74 Å². The molecule has 2 bridgehead atoms. The van der Waals surface area contributed by atoms with E-state index in [9.17, 15) is 36.2 Å². The lowest BCUT2D eigenvalue weighted by Gasteiger charge is -2.35. The molecule has 2 saturated carbocycles. The SMILES string of the molecule is CC(C(=O)OC1C2CCC(C2)C1O)(C(F)(F)F)C(F)(F)F. The minimum Gasteiger partial charge on any atom is -0.458 e. The molecule has 2 aliphatic carbocycles. The zero-order chi connectivity index (χ0) is 16.2. The van der Waals surface area contributed by atoms with E-state index in [4.69, 9.17) is 0 Å². The largest absolute Gasteiger partial charge is 0.458 e. The summed E-state index contributed by atoms with van der Waals surface area (Å²) < 4.78 is 80.8. The van der Waals surface area contributed by atoms with Crippen LogP contribution in [0.1, 0.15) is 26.2 Å². The van der Waals surface area contributed by atoms with Crippen molar-refractivity contribution in [2.45, 2.75) is 50.7 Å². The third-order valence-corrected chi connectivity index (χ3v) is 4.58. The molecule has 2 fully saturated rings. The van der Waals surface area contributed by atoms with Crippen LogP contribution in [0.15, 0.2) is 0 Å². The van der Waals surface area contributed by atoms with Gasteiger partial charge in [0.15, 0.2) is 0 Å². The number of fused-ring (bicyclic) bond motifs is 2. The van der Waals surface area contributed by atoms with Gasteiger partial charge in [0.1, 0.15) is 6.10 Å². The number of aliphatic hydroxyl groups excluding tert-OH is 1. The molecule has 4 atom stereocenters. The van der Waals surface area contributed by atoms with Crippen LogP contribution in [0.3, 0.4) is 0 Å². The average molecular weight is 320 g/mol. The summed E-state index contributed by atoms with van der Waals surface area (Å²) >= 11 is 0. The molecule has 2 aliphatic rings. The standard InChI is InChI=1S/C12H14F6O3/c1-10(11(13,14)15,12(16,17)18)9(20)21-8-6-3-2-5(4-6)7(8)19/h5-8,19H,2-4H2,1H3. The molecule has 0 heterocycles. The van der Waals surface area contributed by atoms with Gasteiger partial charge in [-0.25, -0.2) is 0 Å². The summed E-state index contributed by atoms with van der Waals surface area (Å²) in [4.78, 5) is 11.6. The van der Waals surface area contributed by atoms with Crippen molar-refractivity contribution in [1.29, 1.82) is 0 Å². The van der Waals surface area contributed by atoms with Crippen molar-refractivity contribution in [3.63, 3.8) is 0 Å². The summed E-state index contributed by atoms with van der Waals surface area (Å²) in [6.45, 7) is -0.241. The quantitative estimate of drug-likeness (QED) is 0.629. The first-order valence-corrected chi connectivity index (χ1v) is 6.42. The van der Waals surface area contributed by atoms with E-state index in [0.29, 0.717) is 19.3 Å². The molecular weight excluding hydrogens is 306 g/mol. The molecule has 0 radical (unpaired) electrons. The van der Waals surface area contributed by atoms with Gasteiger partial charge in [0, 0.05) is 0 Å². The molecule has 0 saturated heterocycles. The normalized spacial score (nSPS) is 33.3. The highest BCUT2D eigenvalue weighted by molar-refractivity contribution is 5.78. The Bertz CT molecular complexity index is 414. The Morgan fingerprint density at radius 1 is 1.05 bits per heavy atom. The van der Waals surface area contributed by atoms with Crippen molar-refractivity contribution >= 4 is 5.97 Å². The Balaban J connectivity index is 2.21. The summed E-state index contributed by atoms with van der Waals surface area (Å²) in [5.74, 6) is -3.01. The molecule has 0 aromatic heterocycles. The molecule has 1 N–H and O–H groups in total. The van der Waals surface area contributed by atoms with Gasteiger partial charge in [-0.2, -0.15) is 26.3 Å². The predicted octanol–water partition coefficient (Wildman–Crippen LogP) is 2.82. The fourth-order valence-electron chi connectivity index (χ4n) is 3.01. The number of carbonyl (C=O) groups excluding carboxylic acids is 1. The van der Waals surface area contributed by atoms with E-state index < -0.39 is 35.9 Å². The van der Waals surface area contributed by atoms with Gasteiger partial charge in [-0.3, -0.25) is 4.79 Å². The maximum atomic E-state index is 12.7. The predicted molar refractivity (Wildman–Crippen MR) is 56.9 cm³/mol. The molecule has 0 aliphatic heterocycles. The molecule has 3 nitrogen and oxygen atoms in total. The number of aliphatic hydroxyl groups is 1. The van der Waals surface area contributed by atoms with Gasteiger partial charge in [-0.05, 0) is 38.0 Å². The number of carbonyl (C=O) groups is 1. The lowest BCUT2D eigenvalue weighted by atomic mass is 9.88. The number of esters is 1. The van der Waals surface area contributed by atoms with Crippen LogP contribution < -0.4 is 0 Å². The smallest absolute Gasteiger partial charge is 0.413 e. The van der Waals surface area contributed by atoms with Gasteiger partial charge in [0.2, 0.25) is 0 Å². The Kier molecular flexibility index (Phi) is 3.71. The molecule has 0 amide bonds. The minimum absolute atomic E-state index is 0.226. The molecule has 0 aromatic rings. The Labute approximate surface area is 116 Å². The minimum atomic E-state index is -5.83. The van der Waals surface area contributed by atoms with Gasteiger partial charge >= 0.3 is 18.3 Å². The number of halogens is 6. The van der Waals surface area contributed by atoms with Crippen LogP contribution in [0.5, 0.6) is 0 Å². The molecule has 122 valence electrons. The van der Waals surface area contributed by atoms with E-state index in [1.54, 1.807) is 0 Å². The second kappa shape index (κ2) is 4.76. The summed E-state index contributed by atoms with van der Waals surface area (Å²) in [6, 6.07) is 0. The zero-order valence-corrected chi connectivity index (χ0v) is 11.0. The lowest BCUT2D eigenvalue weighted by Crippen LogP contribution is -2.55. The van der Waals surface area contributed by atoms with Gasteiger partial charge in [-0.1, -0.05) is 0 Å². The van der Waals surface area contributed by atoms with Gasteiger partial charge in [-0.15, -0.1) is 0 Å². The van der Waals surface area contributed by atoms with Crippen molar-refractivity contribution in [2.75, 3.05) is 0 Å². The molecule has 0 spiro atoms. The van der Waals surface area contributed by atoms with Crippen LogP contribution in [0.2, 0.25) is 0 Å². The summed E-state index contributed by atoms with van der Waals surface area (Å²) in [5, 5.41) is 9.76. The maximum absolute atomic E-state index is 12.7. The van der Waals surface area contributed by atoms with Crippen molar-refractivity contribution in [3.8, 4) is 0 Å². The second-order valence-electron chi connectivity index (χ2n) is 5.81. The highest BCUT2D eigenvalue weighted by Gasteiger charge is 2.74. The van der Waals surface area contributed by atoms with Gasteiger partial charge < -0.3 is 9.84 Å². The maximum Gasteiger partial charge on any atom is 0.413 e. The van der Waals surface area contributed by atoms with E-state index in [0.717, 1.165) is 0 Å². The van der Waals surface area contributed by atoms with Crippen LogP contribution in [0.4, 0.5) is 26.3 Å². The number of rotatable bonds is 2. The Hall–Kier alpha value is -0.990. The van der Waals surface area contributed by atoms with E-state index in [-0.39, 0.29) is 18.8 Å². The van der Waals surface area contributed by atoms with Gasteiger partial charge in [0.05, 0.1) is 6.10 Å². The van der Waals surface area contributed by atoms with Crippen molar-refractivity contribution in [2.24, 2.45) is 17.3 Å². The third kappa shape index (κ3) is 2.39. The van der Waals surface area contributed by atoms with E-state index >= 15 is 0 Å². The van der Waals surface area contributed by atoms with E-state index in [1.807, 2.05) is 0 Å². The second-order valence-corrected chi connectivity index (χ2v) is 5.81. The Morgan fingerprint density at radius 3 is 1.90 bits per heavy atom. The summed E-state index contributed by atoms with van der Waals surface area (Å²) in [7, 11) is 0. The first kappa shape index (κ1) is 16.4. The highest BCUT2D eigenvalue weighted by atomic mass is 19.4. The van der Waals surface area contributed by atoms with Crippen LogP contribution in [-0.4, -0.2) is 35.6 Å². The molecule has 0 aromatic carbocycles. The van der Waals surface area contributed by atoms with Gasteiger partial charge in [0.25, 0.3) is 5.41 Å². The molecule has 4 unspecified atom stereocenters. The molecule has 9 heteroatoms. The number of hydrogen-bond donors (Lipinski definition) is 1. The fourth-order valence-corrected chi connectivity index (χ4v) is 3.01. The molecule has 21 heavy (non-hydrogen) atoms. The van der Waals surface area contributed by atoms with Crippen molar-refractivity contribution in [3.05, 3.63) is 0 Å². The van der Waals surface area contributed by atoms with Crippen LogP contribution in [-0.2, 0) is 9.53 Å². The first-order chi connectivity index (χ1) is 9.39. The number of ether oxygens (including phenoxy) is 1. The number of hydrogen-bond acceptors (Lipinski definition) is 3.